The topological polar surface area (TPSA) is 20.2 Å². The summed E-state index contributed by atoms with van der Waals surface area (Å²) in [5.41, 5.74) is 1.52. The molecule has 0 saturated heterocycles. The first-order valence-electron chi connectivity index (χ1n) is 5.67. The van der Waals surface area contributed by atoms with E-state index in [-0.39, 0.29) is 12.2 Å². The Morgan fingerprint density at radius 3 is 2.67 bits per heavy atom. The van der Waals surface area contributed by atoms with Crippen LogP contribution in [0.2, 0.25) is 5.02 Å². The van der Waals surface area contributed by atoms with Crippen LogP contribution in [0.1, 0.15) is 27.0 Å². The van der Waals surface area contributed by atoms with Gasteiger partial charge in [0.25, 0.3) is 0 Å². The normalized spacial score (nSPS) is 12.7. The number of rotatable bonds is 3. The van der Waals surface area contributed by atoms with Gasteiger partial charge in [-0.3, -0.25) is 0 Å². The Kier molecular flexibility index (Phi) is 4.05. The quantitative estimate of drug-likeness (QED) is 0.884. The van der Waals surface area contributed by atoms with Crippen molar-refractivity contribution in [2.24, 2.45) is 0 Å². The van der Waals surface area contributed by atoms with Crippen molar-refractivity contribution in [3.8, 4) is 0 Å². The van der Waals surface area contributed by atoms with E-state index in [9.17, 15) is 9.50 Å². The molecule has 0 saturated carbocycles. The molecular weight excluding hydrogens is 271 g/mol. The predicted octanol–water partition coefficient (Wildman–Crippen LogP) is 4.43. The third-order valence-electron chi connectivity index (χ3n) is 2.97. The fraction of sp³-hybridized carbons (Fsp3) is 0.286. The smallest absolute Gasteiger partial charge is 0.127 e. The molecule has 1 nitrogen and oxygen atoms in total. The van der Waals surface area contributed by atoms with Crippen molar-refractivity contribution in [2.75, 3.05) is 0 Å². The van der Waals surface area contributed by atoms with Crippen LogP contribution in [0.3, 0.4) is 0 Å². The van der Waals surface area contributed by atoms with Crippen molar-refractivity contribution < 1.29 is 9.50 Å². The van der Waals surface area contributed by atoms with Crippen LogP contribution in [0.5, 0.6) is 0 Å². The van der Waals surface area contributed by atoms with Gasteiger partial charge in [0, 0.05) is 26.8 Å². The Hall–Kier alpha value is -0.900. The lowest BCUT2D eigenvalue weighted by atomic mass is 10.1. The van der Waals surface area contributed by atoms with Crippen LogP contribution in [-0.2, 0) is 6.42 Å². The van der Waals surface area contributed by atoms with Crippen LogP contribution in [-0.4, -0.2) is 5.11 Å². The van der Waals surface area contributed by atoms with Gasteiger partial charge >= 0.3 is 0 Å². The largest absolute Gasteiger partial charge is 0.387 e. The van der Waals surface area contributed by atoms with E-state index in [2.05, 4.69) is 0 Å². The van der Waals surface area contributed by atoms with Crippen LogP contribution in [0.4, 0.5) is 4.39 Å². The molecular formula is C14H14ClFOS. The van der Waals surface area contributed by atoms with Gasteiger partial charge in [-0.25, -0.2) is 4.39 Å². The lowest BCUT2D eigenvalue weighted by molar-refractivity contribution is 0.181. The predicted molar refractivity (Wildman–Crippen MR) is 73.9 cm³/mol. The number of aryl methyl sites for hydroxylation is 2. The monoisotopic (exact) mass is 284 g/mol. The van der Waals surface area contributed by atoms with E-state index in [0.29, 0.717) is 10.6 Å². The Balaban J connectivity index is 2.23. The third-order valence-corrected chi connectivity index (χ3v) is 4.58. The number of hydrogen-bond donors (Lipinski definition) is 1. The highest BCUT2D eigenvalue weighted by Gasteiger charge is 2.16. The molecule has 18 heavy (non-hydrogen) atoms. The summed E-state index contributed by atoms with van der Waals surface area (Å²) in [5, 5.41) is 10.5. The summed E-state index contributed by atoms with van der Waals surface area (Å²) >= 11 is 7.49. The van der Waals surface area contributed by atoms with E-state index in [1.165, 1.54) is 22.3 Å². The van der Waals surface area contributed by atoms with Crippen LogP contribution in [0, 0.1) is 19.7 Å². The minimum Gasteiger partial charge on any atom is -0.387 e. The average molecular weight is 285 g/mol. The Bertz CT molecular complexity index is 525. The first-order valence-corrected chi connectivity index (χ1v) is 6.86. The van der Waals surface area contributed by atoms with Gasteiger partial charge in [0.2, 0.25) is 0 Å². The van der Waals surface area contributed by atoms with Gasteiger partial charge in [-0.15, -0.1) is 11.3 Å². The minimum absolute atomic E-state index is 0.199. The summed E-state index contributed by atoms with van der Waals surface area (Å²) in [6.45, 7) is 4.00. The van der Waals surface area contributed by atoms with Crippen LogP contribution < -0.4 is 0 Å². The molecule has 0 radical (unpaired) electrons. The fourth-order valence-corrected chi connectivity index (χ4v) is 3.06. The molecule has 1 atom stereocenters. The summed E-state index contributed by atoms with van der Waals surface area (Å²) in [5.74, 6) is -0.369. The molecule has 0 aliphatic rings. The van der Waals surface area contributed by atoms with E-state index in [1.807, 2.05) is 19.9 Å². The molecule has 1 aromatic heterocycles. The van der Waals surface area contributed by atoms with Crippen LogP contribution in [0.15, 0.2) is 24.3 Å². The summed E-state index contributed by atoms with van der Waals surface area (Å²) in [7, 11) is 0. The lowest BCUT2D eigenvalue weighted by Gasteiger charge is -2.10. The highest BCUT2D eigenvalue weighted by Crippen LogP contribution is 2.31. The molecule has 0 amide bonds. The molecule has 0 aliphatic carbocycles. The van der Waals surface area contributed by atoms with Gasteiger partial charge < -0.3 is 5.11 Å². The summed E-state index contributed by atoms with van der Waals surface area (Å²) in [6.07, 6.45) is -0.512. The summed E-state index contributed by atoms with van der Waals surface area (Å²) < 4.78 is 13.6. The zero-order valence-electron chi connectivity index (χ0n) is 10.2. The molecule has 1 heterocycles. The molecule has 0 spiro atoms. The number of thiophene rings is 1. The Labute approximate surface area is 115 Å². The van der Waals surface area contributed by atoms with Crippen molar-refractivity contribution in [2.45, 2.75) is 26.4 Å². The molecule has 1 N–H and O–H groups in total. The van der Waals surface area contributed by atoms with Crippen molar-refractivity contribution in [3.63, 3.8) is 0 Å². The van der Waals surface area contributed by atoms with Crippen molar-refractivity contribution in [1.82, 2.24) is 0 Å². The molecule has 0 bridgehead atoms. The van der Waals surface area contributed by atoms with E-state index in [0.717, 1.165) is 10.4 Å². The van der Waals surface area contributed by atoms with Gasteiger partial charge in [-0.1, -0.05) is 17.7 Å². The van der Waals surface area contributed by atoms with Gasteiger partial charge in [-0.05, 0) is 37.6 Å². The number of benzene rings is 1. The van der Waals surface area contributed by atoms with Gasteiger partial charge in [0.15, 0.2) is 0 Å². The third kappa shape index (κ3) is 2.74. The van der Waals surface area contributed by atoms with Crippen molar-refractivity contribution in [1.29, 1.82) is 0 Å². The summed E-state index contributed by atoms with van der Waals surface area (Å²) in [4.78, 5) is 2.02. The molecule has 0 fully saturated rings. The first kappa shape index (κ1) is 13.5. The second-order valence-electron chi connectivity index (χ2n) is 4.31. The van der Waals surface area contributed by atoms with E-state index < -0.39 is 6.10 Å². The molecule has 1 unspecified atom stereocenters. The highest BCUT2D eigenvalue weighted by molar-refractivity contribution is 7.12. The van der Waals surface area contributed by atoms with Crippen LogP contribution in [0.25, 0.3) is 0 Å². The number of halogens is 2. The van der Waals surface area contributed by atoms with E-state index >= 15 is 0 Å². The Morgan fingerprint density at radius 1 is 1.39 bits per heavy atom. The lowest BCUT2D eigenvalue weighted by Crippen LogP contribution is -2.02. The maximum atomic E-state index is 13.6. The number of hydrogen-bond acceptors (Lipinski definition) is 2. The average Bonchev–Trinajstić information content (AvgIpc) is 2.64. The summed E-state index contributed by atoms with van der Waals surface area (Å²) in [6, 6.07) is 6.50. The van der Waals surface area contributed by atoms with Crippen LogP contribution >= 0.6 is 22.9 Å². The number of aliphatic hydroxyl groups is 1. The molecule has 4 heteroatoms. The highest BCUT2D eigenvalue weighted by atomic mass is 35.5. The minimum atomic E-state index is -0.711. The van der Waals surface area contributed by atoms with E-state index in [4.69, 9.17) is 11.6 Å². The van der Waals surface area contributed by atoms with Gasteiger partial charge in [-0.2, -0.15) is 0 Å². The van der Waals surface area contributed by atoms with Gasteiger partial charge in [0.1, 0.15) is 5.82 Å². The van der Waals surface area contributed by atoms with E-state index in [1.54, 1.807) is 12.1 Å². The maximum absolute atomic E-state index is 13.6. The molecule has 96 valence electrons. The standard InChI is InChI=1S/C14H14ClFOS/c1-8-6-14(18-9(8)2)13(17)7-10-11(15)4-3-5-12(10)16/h3-6,13,17H,7H2,1-2H3. The zero-order chi connectivity index (χ0) is 13.3. The Morgan fingerprint density at radius 2 is 2.11 bits per heavy atom. The number of aliphatic hydroxyl groups excluding tert-OH is 1. The molecule has 2 rings (SSSR count). The zero-order valence-corrected chi connectivity index (χ0v) is 11.8. The fourth-order valence-electron chi connectivity index (χ4n) is 1.79. The molecule has 2 aromatic rings. The SMILES string of the molecule is Cc1cc(C(O)Cc2c(F)cccc2Cl)sc1C. The van der Waals surface area contributed by atoms with Crippen molar-refractivity contribution in [3.05, 3.63) is 56.0 Å². The molecule has 0 aliphatic heterocycles. The maximum Gasteiger partial charge on any atom is 0.127 e. The van der Waals surface area contributed by atoms with Crippen molar-refractivity contribution >= 4 is 22.9 Å². The second-order valence-corrected chi connectivity index (χ2v) is 6.00. The molecule has 1 aromatic carbocycles. The second kappa shape index (κ2) is 5.39. The van der Waals surface area contributed by atoms with Gasteiger partial charge in [0.05, 0.1) is 6.10 Å². The first-order chi connectivity index (χ1) is 8.49.